The number of rotatable bonds is 5. The predicted octanol–water partition coefficient (Wildman–Crippen LogP) is 4.63. The van der Waals surface area contributed by atoms with Crippen molar-refractivity contribution in [1.29, 1.82) is 0 Å². The van der Waals surface area contributed by atoms with E-state index in [1.807, 2.05) is 48.5 Å². The molecule has 5 nitrogen and oxygen atoms in total. The summed E-state index contributed by atoms with van der Waals surface area (Å²) < 4.78 is 26.2. The van der Waals surface area contributed by atoms with Crippen molar-refractivity contribution in [3.63, 3.8) is 0 Å². The first-order chi connectivity index (χ1) is 15.1. The molecule has 1 aliphatic rings. The smallest absolute Gasteiger partial charge is 0.206 e. The molecule has 0 saturated carbocycles. The first-order valence-electron chi connectivity index (χ1n) is 10.5. The molecule has 2 N–H and O–H groups in total. The van der Waals surface area contributed by atoms with Crippen LogP contribution in [0.5, 0.6) is 0 Å². The lowest BCUT2D eigenvalue weighted by Gasteiger charge is -2.27. The van der Waals surface area contributed by atoms with Gasteiger partial charge in [-0.25, -0.2) is 8.42 Å². The van der Waals surface area contributed by atoms with Crippen molar-refractivity contribution in [1.82, 2.24) is 5.32 Å². The highest BCUT2D eigenvalue weighted by Crippen LogP contribution is 2.34. The quantitative estimate of drug-likeness (QED) is 0.455. The fourth-order valence-electron chi connectivity index (χ4n) is 4.05. The SMILES string of the molecule is CN=C(NCC1CCCc2ccc(S(=O)(=O)c3ccccc3)cc21)Nc1ccccc1. The van der Waals surface area contributed by atoms with E-state index < -0.39 is 9.84 Å². The van der Waals surface area contributed by atoms with E-state index in [9.17, 15) is 8.42 Å². The highest BCUT2D eigenvalue weighted by atomic mass is 32.2. The van der Waals surface area contributed by atoms with Crippen LogP contribution in [0.3, 0.4) is 0 Å². The maximum atomic E-state index is 13.1. The third-order valence-corrected chi connectivity index (χ3v) is 7.46. The number of aryl methyl sites for hydroxylation is 1. The van der Waals surface area contributed by atoms with Gasteiger partial charge in [0, 0.05) is 25.2 Å². The lowest BCUT2D eigenvalue weighted by Crippen LogP contribution is -2.34. The van der Waals surface area contributed by atoms with Crippen molar-refractivity contribution in [2.75, 3.05) is 18.9 Å². The van der Waals surface area contributed by atoms with Gasteiger partial charge in [0.2, 0.25) is 9.84 Å². The molecule has 3 aromatic carbocycles. The molecule has 160 valence electrons. The molecule has 0 amide bonds. The molecule has 0 saturated heterocycles. The van der Waals surface area contributed by atoms with Crippen LogP contribution in [0.1, 0.15) is 29.9 Å². The Hall–Kier alpha value is -3.12. The standard InChI is InChI=1S/C25H27N3O2S/c1-26-25(28-21-11-4-2-5-12-21)27-18-20-10-8-9-19-15-16-23(17-24(19)20)31(29,30)22-13-6-3-7-14-22/h2-7,11-17,20H,8-10,18H2,1H3,(H2,26,27,28). The van der Waals surface area contributed by atoms with Crippen LogP contribution in [0.4, 0.5) is 5.69 Å². The van der Waals surface area contributed by atoms with Crippen LogP contribution in [-0.2, 0) is 16.3 Å². The number of hydrogen-bond donors (Lipinski definition) is 2. The van der Waals surface area contributed by atoms with Crippen LogP contribution in [0.2, 0.25) is 0 Å². The molecule has 0 aromatic heterocycles. The lowest BCUT2D eigenvalue weighted by molar-refractivity contribution is 0.540. The lowest BCUT2D eigenvalue weighted by atomic mass is 9.83. The van der Waals surface area contributed by atoms with Gasteiger partial charge in [-0.15, -0.1) is 0 Å². The Morgan fingerprint density at radius 1 is 0.968 bits per heavy atom. The Morgan fingerprint density at radius 3 is 2.39 bits per heavy atom. The Bertz CT molecular complexity index is 1160. The van der Waals surface area contributed by atoms with Gasteiger partial charge in [-0.2, -0.15) is 0 Å². The zero-order valence-electron chi connectivity index (χ0n) is 17.6. The number of nitrogens with zero attached hydrogens (tertiary/aromatic N) is 1. The summed E-state index contributed by atoms with van der Waals surface area (Å²) in [7, 11) is -1.78. The van der Waals surface area contributed by atoms with Gasteiger partial charge in [-0.1, -0.05) is 42.5 Å². The Labute approximate surface area is 184 Å². The normalized spacial score (nSPS) is 16.4. The minimum atomic E-state index is -3.53. The number of nitrogens with one attached hydrogen (secondary N) is 2. The van der Waals surface area contributed by atoms with Crippen molar-refractivity contribution in [2.45, 2.75) is 35.0 Å². The van der Waals surface area contributed by atoms with Crippen LogP contribution >= 0.6 is 0 Å². The van der Waals surface area contributed by atoms with Crippen LogP contribution in [0.15, 0.2) is 93.6 Å². The molecule has 1 unspecified atom stereocenters. The maximum absolute atomic E-state index is 13.1. The van der Waals surface area contributed by atoms with E-state index in [-0.39, 0.29) is 5.92 Å². The van der Waals surface area contributed by atoms with Gasteiger partial charge >= 0.3 is 0 Å². The number of sulfone groups is 1. The van der Waals surface area contributed by atoms with E-state index in [0.717, 1.165) is 30.5 Å². The number of benzene rings is 3. The first kappa shape index (κ1) is 21.1. The molecule has 6 heteroatoms. The van der Waals surface area contributed by atoms with E-state index in [4.69, 9.17) is 0 Å². The summed E-state index contributed by atoms with van der Waals surface area (Å²) in [5.41, 5.74) is 3.32. The molecule has 1 aliphatic carbocycles. The molecule has 3 aromatic rings. The summed E-state index contributed by atoms with van der Waals surface area (Å²) in [6, 6.07) is 24.1. The minimum Gasteiger partial charge on any atom is -0.356 e. The molecule has 31 heavy (non-hydrogen) atoms. The van der Waals surface area contributed by atoms with Crippen molar-refractivity contribution < 1.29 is 8.42 Å². The Kier molecular flexibility index (Phi) is 6.37. The molecule has 1 atom stereocenters. The Morgan fingerprint density at radius 2 is 1.68 bits per heavy atom. The summed E-state index contributed by atoms with van der Waals surface area (Å²) in [5.74, 6) is 0.926. The molecular weight excluding hydrogens is 406 g/mol. The van der Waals surface area contributed by atoms with Crippen molar-refractivity contribution in [3.8, 4) is 0 Å². The van der Waals surface area contributed by atoms with Crippen molar-refractivity contribution in [2.24, 2.45) is 4.99 Å². The van der Waals surface area contributed by atoms with Gasteiger partial charge in [0.1, 0.15) is 0 Å². The van der Waals surface area contributed by atoms with Crippen LogP contribution in [-0.4, -0.2) is 28.0 Å². The fourth-order valence-corrected chi connectivity index (χ4v) is 5.36. The average Bonchev–Trinajstić information content (AvgIpc) is 2.82. The third-order valence-electron chi connectivity index (χ3n) is 5.70. The number of aliphatic imine (C=N–C) groups is 1. The molecule has 0 radical (unpaired) electrons. The maximum Gasteiger partial charge on any atom is 0.206 e. The molecule has 0 fully saturated rings. The van der Waals surface area contributed by atoms with Gasteiger partial charge in [0.05, 0.1) is 9.79 Å². The largest absolute Gasteiger partial charge is 0.356 e. The van der Waals surface area contributed by atoms with E-state index in [2.05, 4.69) is 15.6 Å². The second-order valence-corrected chi connectivity index (χ2v) is 9.66. The zero-order chi connectivity index (χ0) is 21.7. The van der Waals surface area contributed by atoms with Gasteiger partial charge < -0.3 is 10.6 Å². The number of para-hydroxylation sites is 1. The van der Waals surface area contributed by atoms with Crippen molar-refractivity contribution in [3.05, 3.63) is 90.0 Å². The zero-order valence-corrected chi connectivity index (χ0v) is 18.4. The number of fused-ring (bicyclic) bond motifs is 1. The molecular formula is C25H27N3O2S. The summed E-state index contributed by atoms with van der Waals surface area (Å²) in [4.78, 5) is 5.00. The second-order valence-electron chi connectivity index (χ2n) is 7.71. The highest BCUT2D eigenvalue weighted by Gasteiger charge is 2.24. The highest BCUT2D eigenvalue weighted by molar-refractivity contribution is 7.91. The van der Waals surface area contributed by atoms with Gasteiger partial charge in [-0.3, -0.25) is 4.99 Å². The van der Waals surface area contributed by atoms with E-state index in [1.165, 1.54) is 5.56 Å². The van der Waals surface area contributed by atoms with Gasteiger partial charge in [-0.05, 0) is 66.8 Å². The average molecular weight is 434 g/mol. The van der Waals surface area contributed by atoms with Gasteiger partial charge in [0.15, 0.2) is 5.96 Å². The Balaban J connectivity index is 1.54. The van der Waals surface area contributed by atoms with Crippen LogP contribution in [0.25, 0.3) is 0 Å². The summed E-state index contributed by atoms with van der Waals surface area (Å²) in [6.07, 6.45) is 3.08. The minimum absolute atomic E-state index is 0.226. The summed E-state index contributed by atoms with van der Waals surface area (Å²) in [5, 5.41) is 6.70. The summed E-state index contributed by atoms with van der Waals surface area (Å²) in [6.45, 7) is 0.689. The monoisotopic (exact) mass is 433 g/mol. The molecule has 0 bridgehead atoms. The van der Waals surface area contributed by atoms with Crippen LogP contribution in [0, 0.1) is 0 Å². The fraction of sp³-hybridized carbons (Fsp3) is 0.240. The molecule has 0 heterocycles. The topological polar surface area (TPSA) is 70.6 Å². The first-order valence-corrected chi connectivity index (χ1v) is 12.0. The number of guanidine groups is 1. The number of anilines is 1. The predicted molar refractivity (Wildman–Crippen MR) is 125 cm³/mol. The third kappa shape index (κ3) is 4.80. The molecule has 0 spiro atoms. The van der Waals surface area contributed by atoms with E-state index in [0.29, 0.717) is 22.3 Å². The molecule has 0 aliphatic heterocycles. The molecule has 4 rings (SSSR count). The van der Waals surface area contributed by atoms with E-state index >= 15 is 0 Å². The van der Waals surface area contributed by atoms with Crippen molar-refractivity contribution >= 4 is 21.5 Å². The second kappa shape index (κ2) is 9.35. The van der Waals surface area contributed by atoms with Crippen LogP contribution < -0.4 is 10.6 Å². The van der Waals surface area contributed by atoms with E-state index in [1.54, 1.807) is 37.4 Å². The number of hydrogen-bond acceptors (Lipinski definition) is 3. The summed E-state index contributed by atoms with van der Waals surface area (Å²) >= 11 is 0. The van der Waals surface area contributed by atoms with Gasteiger partial charge in [0.25, 0.3) is 0 Å².